The smallest absolute Gasteiger partial charge is 0.485 e. The molecule has 0 saturated carbocycles. The number of imidazole rings is 2. The first-order chi connectivity index (χ1) is 35.0. The highest BCUT2D eigenvalue weighted by molar-refractivity contribution is 7.90. The molecular weight excluding hydrogens is 1060 g/mol. The van der Waals surface area contributed by atoms with E-state index in [2.05, 4.69) is 227 Å². The van der Waals surface area contributed by atoms with Crippen LogP contribution in [0.15, 0.2) is 97.6 Å². The number of hydrogen-bond acceptors (Lipinski definition) is 6. The van der Waals surface area contributed by atoms with E-state index in [0.717, 1.165) is 0 Å². The van der Waals surface area contributed by atoms with Gasteiger partial charge in [-0.25, -0.2) is 16.8 Å². The minimum absolute atomic E-state index is 0.370. The van der Waals surface area contributed by atoms with Crippen molar-refractivity contribution in [1.29, 1.82) is 0 Å². The van der Waals surface area contributed by atoms with E-state index in [1.54, 1.807) is 0 Å². The largest absolute Gasteiger partial charge is 0.741 e. The Morgan fingerprint density at radius 2 is 0.579 bits per heavy atom. The van der Waals surface area contributed by atoms with E-state index in [4.69, 9.17) is 25.9 Å². The second-order valence-corrected chi connectivity index (χ2v) is 26.2. The van der Waals surface area contributed by atoms with Gasteiger partial charge in [-0.3, -0.25) is 0 Å². The number of alkyl halides is 6. The molecule has 2 heterocycles. The minimum atomic E-state index is -6.09. The Kier molecular flexibility index (Phi) is 21.3. The van der Waals surface area contributed by atoms with E-state index < -0.39 is 31.3 Å². The molecule has 0 aliphatic heterocycles. The number of halogens is 6. The molecule has 4 aromatic carbocycles. The zero-order valence-corrected chi connectivity index (χ0v) is 49.5. The summed E-state index contributed by atoms with van der Waals surface area (Å²) < 4.78 is 128. The van der Waals surface area contributed by atoms with Crippen LogP contribution < -0.4 is 20.3 Å². The van der Waals surface area contributed by atoms with Crippen LogP contribution >= 0.6 is 15.7 Å². The van der Waals surface area contributed by atoms with Crippen LogP contribution in [-0.4, -0.2) is 46.1 Å². The highest BCUT2D eigenvalue weighted by atomic mass is 32.2. The summed E-state index contributed by atoms with van der Waals surface area (Å²) in [6.45, 7) is 37.5. The molecule has 10 nitrogen and oxygen atoms in total. The van der Waals surface area contributed by atoms with Gasteiger partial charge in [0.05, 0.1) is 15.7 Å². The van der Waals surface area contributed by atoms with Gasteiger partial charge in [0.25, 0.3) is 0 Å². The van der Waals surface area contributed by atoms with Gasteiger partial charge in [0.2, 0.25) is 0 Å². The standard InChI is InChI=1S/C54H72N4P2.2CHF3O3S/c1-33(2)41-21-17-22-42(34(3)4)49(41)55-29-30-56(50-43(35(5)6)23-18-24-44(50)36(7)8)53(55)59-60-54-57(51-45(37(9)10)25-19-26-46(51)38(11)12)31-32-58(54)52-47(39(13)14)27-20-28-48(52)40(15)16;2*2-1(3,4)8(5,6)7/h17-40H,1-16H3;2*(H,5,6,7)/q+2;;/p-2. The number of para-hydroxylation sites is 4. The van der Waals surface area contributed by atoms with Crippen LogP contribution in [0.25, 0.3) is 22.7 Å². The van der Waals surface area contributed by atoms with Crippen LogP contribution in [0.3, 0.4) is 0 Å². The molecule has 2 aromatic heterocycles. The van der Waals surface area contributed by atoms with Gasteiger partial charge >= 0.3 is 22.1 Å². The third kappa shape index (κ3) is 14.7. The van der Waals surface area contributed by atoms with Gasteiger partial charge in [0, 0.05) is 44.5 Å². The lowest BCUT2D eigenvalue weighted by atomic mass is 9.92. The number of hydrogen-bond donors (Lipinski definition) is 0. The average molecular weight is 1140 g/mol. The molecular formula is C56H72F6N4O6P2S2. The van der Waals surface area contributed by atoms with E-state index in [1.165, 1.54) is 94.1 Å². The van der Waals surface area contributed by atoms with E-state index in [-0.39, 0.29) is 0 Å². The maximum absolute atomic E-state index is 10.7. The Morgan fingerprint density at radius 3 is 0.750 bits per heavy atom. The fourth-order valence-electron chi connectivity index (χ4n) is 8.91. The van der Waals surface area contributed by atoms with E-state index in [9.17, 15) is 26.3 Å². The molecule has 0 N–H and O–H groups in total. The minimum Gasteiger partial charge on any atom is -0.741 e. The van der Waals surface area contributed by atoms with Gasteiger partial charge in [-0.15, -0.1) is 0 Å². The van der Waals surface area contributed by atoms with Crippen molar-refractivity contribution in [2.45, 2.75) is 169 Å². The molecule has 0 aliphatic carbocycles. The molecule has 0 radical (unpaired) electrons. The molecule has 0 unspecified atom stereocenters. The quantitative estimate of drug-likeness (QED) is 0.0351. The molecule has 0 bridgehead atoms. The van der Waals surface area contributed by atoms with Crippen molar-refractivity contribution in [3.05, 3.63) is 142 Å². The summed E-state index contributed by atoms with van der Waals surface area (Å²) in [7, 11) is -9.80. The fourth-order valence-corrected chi connectivity index (χ4v) is 11.8. The molecule has 6 aromatic rings. The van der Waals surface area contributed by atoms with Crippen LogP contribution in [0, 0.1) is 0 Å². The summed E-state index contributed by atoms with van der Waals surface area (Å²) in [5.41, 5.74) is 7.64. The number of benzene rings is 4. The van der Waals surface area contributed by atoms with Crippen molar-refractivity contribution >= 4 is 47.1 Å². The lowest BCUT2D eigenvalue weighted by Crippen LogP contribution is -2.47. The second kappa shape index (κ2) is 25.4. The first-order valence-corrected chi connectivity index (χ1v) is 30.5. The zero-order chi connectivity index (χ0) is 57.7. The fraction of sp³-hybridized carbons (Fsp3) is 0.464. The molecule has 0 atom stereocenters. The van der Waals surface area contributed by atoms with Crippen LogP contribution in [0.1, 0.15) is 203 Å². The molecule has 76 heavy (non-hydrogen) atoms. The van der Waals surface area contributed by atoms with Crippen LogP contribution in [0.4, 0.5) is 26.3 Å². The van der Waals surface area contributed by atoms with Gasteiger partial charge in [0.1, 0.15) is 47.5 Å². The summed E-state index contributed by atoms with van der Waals surface area (Å²) >= 11 is 0. The third-order valence-corrected chi connectivity index (χ3v) is 16.5. The van der Waals surface area contributed by atoms with Crippen molar-refractivity contribution in [1.82, 2.24) is 9.13 Å². The SMILES string of the molecule is CC(C)c1cccc(C(C)C)c1-n1cc[n+](-c2c(C(C)C)cccc2C(C)C)c1P=Pc1n(-c2c(C(C)C)cccc2C(C)C)cc[n+]1-c1c(C(C)C)cccc1C(C)C.O=S(=O)([O-])C(F)(F)F.O=S(=O)([O-])C(F)(F)F. The molecule has 0 saturated heterocycles. The van der Waals surface area contributed by atoms with Gasteiger partial charge in [-0.05, 0) is 47.3 Å². The van der Waals surface area contributed by atoms with E-state index in [0.29, 0.717) is 47.3 Å². The number of nitrogens with zero attached hydrogens (tertiary/aromatic N) is 4. The Labute approximate surface area is 449 Å². The van der Waals surface area contributed by atoms with Crippen molar-refractivity contribution in [3.8, 4) is 22.7 Å². The van der Waals surface area contributed by atoms with Crippen molar-refractivity contribution in [3.63, 3.8) is 0 Å². The average Bonchev–Trinajstić information content (AvgIpc) is 3.92. The van der Waals surface area contributed by atoms with Crippen molar-refractivity contribution in [2.75, 3.05) is 0 Å². The molecule has 0 fully saturated rings. The summed E-state index contributed by atoms with van der Waals surface area (Å²) in [6.07, 6.45) is 9.43. The van der Waals surface area contributed by atoms with Crippen LogP contribution in [0.2, 0.25) is 0 Å². The highest BCUT2D eigenvalue weighted by Gasteiger charge is 2.38. The lowest BCUT2D eigenvalue weighted by Gasteiger charge is -2.19. The van der Waals surface area contributed by atoms with Crippen LogP contribution in [-0.2, 0) is 20.2 Å². The predicted octanol–water partition coefficient (Wildman–Crippen LogP) is 14.7. The summed E-state index contributed by atoms with van der Waals surface area (Å²) in [4.78, 5) is 0. The van der Waals surface area contributed by atoms with Crippen LogP contribution in [0.5, 0.6) is 0 Å². The molecule has 20 heteroatoms. The highest BCUT2D eigenvalue weighted by Crippen LogP contribution is 2.36. The Hall–Kier alpha value is -4.70. The Morgan fingerprint density at radius 1 is 0.395 bits per heavy atom. The van der Waals surface area contributed by atoms with Gasteiger partial charge in [0.15, 0.2) is 20.2 Å². The maximum atomic E-state index is 10.7. The summed E-state index contributed by atoms with van der Waals surface area (Å²) in [5, 5.41) is 0. The molecule has 416 valence electrons. The lowest BCUT2D eigenvalue weighted by molar-refractivity contribution is -0.576. The molecule has 0 aliphatic rings. The number of rotatable bonds is 14. The Balaban J connectivity index is 0.000000674. The van der Waals surface area contributed by atoms with Gasteiger partial charge in [-0.1, -0.05) is 184 Å². The maximum Gasteiger partial charge on any atom is 0.485 e. The molecule has 0 amide bonds. The van der Waals surface area contributed by atoms with E-state index in [1.807, 2.05) is 0 Å². The van der Waals surface area contributed by atoms with Crippen molar-refractivity contribution < 1.29 is 61.4 Å². The number of aromatic nitrogens is 4. The van der Waals surface area contributed by atoms with Gasteiger partial charge < -0.3 is 9.11 Å². The summed E-state index contributed by atoms with van der Waals surface area (Å²) in [6, 6.07) is 27.8. The van der Waals surface area contributed by atoms with Gasteiger partial charge in [-0.2, -0.15) is 44.6 Å². The third-order valence-electron chi connectivity index (χ3n) is 12.7. The first kappa shape index (κ1) is 63.8. The monoisotopic (exact) mass is 1140 g/mol. The second-order valence-electron chi connectivity index (χ2n) is 21.1. The van der Waals surface area contributed by atoms with Crippen molar-refractivity contribution in [2.24, 2.45) is 0 Å². The van der Waals surface area contributed by atoms with E-state index >= 15 is 0 Å². The zero-order valence-electron chi connectivity index (χ0n) is 46.1. The predicted molar refractivity (Wildman–Crippen MR) is 292 cm³/mol. The normalized spacial score (nSPS) is 12.8. The Bertz CT molecular complexity index is 2750. The molecule has 6 rings (SSSR count). The topological polar surface area (TPSA) is 132 Å². The first-order valence-electron chi connectivity index (χ1n) is 25.2. The summed E-state index contributed by atoms with van der Waals surface area (Å²) in [5.74, 6) is 2.96. The molecule has 0 spiro atoms.